The van der Waals surface area contributed by atoms with Crippen molar-refractivity contribution in [1.82, 2.24) is 20.2 Å². The SMILES string of the molecule is CC(Sc1nnnn1-c1ccc(O)cc1)C(C)C(=O)O. The maximum atomic E-state index is 11.0. The fourth-order valence-corrected chi connectivity index (χ4v) is 2.46. The van der Waals surface area contributed by atoms with Gasteiger partial charge in [-0.2, -0.15) is 4.68 Å². The van der Waals surface area contributed by atoms with Crippen LogP contribution in [-0.2, 0) is 4.79 Å². The Morgan fingerprint density at radius 1 is 1.30 bits per heavy atom. The number of thioether (sulfide) groups is 1. The van der Waals surface area contributed by atoms with Crippen molar-refractivity contribution in [3.05, 3.63) is 24.3 Å². The molecule has 2 unspecified atom stereocenters. The highest BCUT2D eigenvalue weighted by Gasteiger charge is 2.23. The molecule has 0 bridgehead atoms. The van der Waals surface area contributed by atoms with E-state index in [0.717, 1.165) is 0 Å². The highest BCUT2D eigenvalue weighted by Crippen LogP contribution is 2.27. The van der Waals surface area contributed by atoms with Crippen LogP contribution in [0.5, 0.6) is 5.75 Å². The highest BCUT2D eigenvalue weighted by atomic mass is 32.2. The van der Waals surface area contributed by atoms with Crippen molar-refractivity contribution < 1.29 is 15.0 Å². The van der Waals surface area contributed by atoms with Gasteiger partial charge >= 0.3 is 5.97 Å². The molecule has 0 fully saturated rings. The minimum atomic E-state index is -0.853. The van der Waals surface area contributed by atoms with Crippen LogP contribution >= 0.6 is 11.8 Å². The van der Waals surface area contributed by atoms with Crippen molar-refractivity contribution in [2.75, 3.05) is 0 Å². The van der Waals surface area contributed by atoms with Gasteiger partial charge in [0.05, 0.1) is 11.6 Å². The minimum Gasteiger partial charge on any atom is -0.508 e. The molecule has 0 saturated carbocycles. The van der Waals surface area contributed by atoms with Crippen molar-refractivity contribution >= 4 is 17.7 Å². The van der Waals surface area contributed by atoms with Crippen LogP contribution in [0.1, 0.15) is 13.8 Å². The lowest BCUT2D eigenvalue weighted by Crippen LogP contribution is -2.20. The highest BCUT2D eigenvalue weighted by molar-refractivity contribution is 7.99. The maximum absolute atomic E-state index is 11.0. The molecule has 2 atom stereocenters. The van der Waals surface area contributed by atoms with E-state index in [9.17, 15) is 9.90 Å². The molecule has 0 saturated heterocycles. The first-order chi connectivity index (χ1) is 9.49. The summed E-state index contributed by atoms with van der Waals surface area (Å²) in [4.78, 5) is 11.0. The Balaban J connectivity index is 2.21. The molecule has 1 heterocycles. The molecule has 0 aliphatic rings. The van der Waals surface area contributed by atoms with Crippen molar-refractivity contribution in [3.63, 3.8) is 0 Å². The van der Waals surface area contributed by atoms with Crippen LogP contribution in [0.25, 0.3) is 5.69 Å². The van der Waals surface area contributed by atoms with Crippen LogP contribution in [0.15, 0.2) is 29.4 Å². The normalized spacial score (nSPS) is 13.9. The monoisotopic (exact) mass is 294 g/mol. The van der Waals surface area contributed by atoms with Crippen LogP contribution in [0.3, 0.4) is 0 Å². The van der Waals surface area contributed by atoms with Gasteiger partial charge in [0.1, 0.15) is 5.75 Å². The van der Waals surface area contributed by atoms with Gasteiger partial charge in [-0.1, -0.05) is 25.6 Å². The average molecular weight is 294 g/mol. The second-order valence-electron chi connectivity index (χ2n) is 4.34. The van der Waals surface area contributed by atoms with Gasteiger partial charge in [-0.15, -0.1) is 5.10 Å². The molecule has 0 spiro atoms. The van der Waals surface area contributed by atoms with E-state index in [1.807, 2.05) is 6.92 Å². The summed E-state index contributed by atoms with van der Waals surface area (Å²) in [6.07, 6.45) is 0. The van der Waals surface area contributed by atoms with E-state index in [-0.39, 0.29) is 11.0 Å². The van der Waals surface area contributed by atoms with Gasteiger partial charge in [0.25, 0.3) is 0 Å². The number of nitrogens with zero attached hydrogens (tertiary/aromatic N) is 4. The van der Waals surface area contributed by atoms with Gasteiger partial charge in [0.2, 0.25) is 5.16 Å². The van der Waals surface area contributed by atoms with Gasteiger partial charge < -0.3 is 10.2 Å². The summed E-state index contributed by atoms with van der Waals surface area (Å²) in [7, 11) is 0. The summed E-state index contributed by atoms with van der Waals surface area (Å²) in [6, 6.07) is 6.44. The molecule has 0 radical (unpaired) electrons. The summed E-state index contributed by atoms with van der Waals surface area (Å²) in [6.45, 7) is 3.47. The summed E-state index contributed by atoms with van der Waals surface area (Å²) < 4.78 is 1.51. The van der Waals surface area contributed by atoms with E-state index in [4.69, 9.17) is 5.11 Å². The molecule has 1 aromatic carbocycles. The Labute approximate surface area is 119 Å². The summed E-state index contributed by atoms with van der Waals surface area (Å²) in [5.41, 5.74) is 0.700. The Morgan fingerprint density at radius 3 is 2.55 bits per heavy atom. The number of carboxylic acid groups (broad SMARTS) is 1. The van der Waals surface area contributed by atoms with E-state index in [2.05, 4.69) is 15.5 Å². The zero-order chi connectivity index (χ0) is 14.7. The zero-order valence-corrected chi connectivity index (χ0v) is 11.8. The Kier molecular flexibility index (Phi) is 4.23. The molecule has 0 amide bonds. The van der Waals surface area contributed by atoms with Gasteiger partial charge in [-0.05, 0) is 34.7 Å². The lowest BCUT2D eigenvalue weighted by atomic mass is 10.1. The van der Waals surface area contributed by atoms with Gasteiger partial charge in [0, 0.05) is 5.25 Å². The first kappa shape index (κ1) is 14.3. The largest absolute Gasteiger partial charge is 0.508 e. The number of aromatic hydroxyl groups is 1. The quantitative estimate of drug-likeness (QED) is 0.807. The second-order valence-corrected chi connectivity index (χ2v) is 5.68. The standard InChI is InChI=1S/C12H14N4O3S/c1-7(11(18)19)8(2)20-12-13-14-15-16(12)9-3-5-10(17)6-4-9/h3-8,17H,1-2H3,(H,18,19). The molecule has 2 aromatic rings. The number of carboxylic acids is 1. The third kappa shape index (κ3) is 3.08. The van der Waals surface area contributed by atoms with Crippen LogP contribution in [0, 0.1) is 5.92 Å². The topological polar surface area (TPSA) is 101 Å². The van der Waals surface area contributed by atoms with E-state index >= 15 is 0 Å². The van der Waals surface area contributed by atoms with Crippen molar-refractivity contribution in [3.8, 4) is 11.4 Å². The van der Waals surface area contributed by atoms with E-state index in [1.165, 1.54) is 28.6 Å². The van der Waals surface area contributed by atoms with Crippen molar-refractivity contribution in [1.29, 1.82) is 0 Å². The van der Waals surface area contributed by atoms with Crippen LogP contribution in [-0.4, -0.2) is 41.6 Å². The summed E-state index contributed by atoms with van der Waals surface area (Å²) in [5, 5.41) is 30.0. The van der Waals surface area contributed by atoms with Gasteiger partial charge in [-0.25, -0.2) is 0 Å². The number of benzene rings is 1. The molecule has 20 heavy (non-hydrogen) atoms. The molecule has 2 rings (SSSR count). The molecule has 2 N–H and O–H groups in total. The number of tetrazole rings is 1. The number of phenols is 1. The Bertz CT molecular complexity index is 599. The van der Waals surface area contributed by atoms with Gasteiger partial charge in [-0.3, -0.25) is 4.79 Å². The Morgan fingerprint density at radius 2 is 1.95 bits per heavy atom. The number of carbonyl (C=O) groups is 1. The molecule has 7 nitrogen and oxygen atoms in total. The minimum absolute atomic E-state index is 0.156. The zero-order valence-electron chi connectivity index (χ0n) is 11.0. The summed E-state index contributed by atoms with van der Waals surface area (Å²) in [5.74, 6) is -1.21. The first-order valence-corrected chi connectivity index (χ1v) is 6.84. The van der Waals surface area contributed by atoms with E-state index in [1.54, 1.807) is 19.1 Å². The fourth-order valence-electron chi connectivity index (χ4n) is 1.48. The second kappa shape index (κ2) is 5.91. The molecular weight excluding hydrogens is 280 g/mol. The molecule has 0 aliphatic carbocycles. The Hall–Kier alpha value is -2.09. The third-order valence-electron chi connectivity index (χ3n) is 2.92. The van der Waals surface area contributed by atoms with Crippen molar-refractivity contribution in [2.45, 2.75) is 24.3 Å². The summed E-state index contributed by atoms with van der Waals surface area (Å²) >= 11 is 1.30. The number of aromatic nitrogens is 4. The predicted octanol–water partition coefficient (Wildman–Crippen LogP) is 1.57. The average Bonchev–Trinajstić information content (AvgIpc) is 2.86. The van der Waals surface area contributed by atoms with Crippen LogP contribution in [0.2, 0.25) is 0 Å². The molecular formula is C12H14N4O3S. The lowest BCUT2D eigenvalue weighted by molar-refractivity contribution is -0.140. The van der Waals surface area contributed by atoms with E-state index < -0.39 is 11.9 Å². The fraction of sp³-hybridized carbons (Fsp3) is 0.333. The number of hydrogen-bond donors (Lipinski definition) is 2. The van der Waals surface area contributed by atoms with Gasteiger partial charge in [0.15, 0.2) is 0 Å². The molecule has 106 valence electrons. The number of aliphatic carboxylic acids is 1. The maximum Gasteiger partial charge on any atom is 0.307 e. The predicted molar refractivity (Wildman–Crippen MR) is 72.9 cm³/mol. The van der Waals surface area contributed by atoms with Crippen LogP contribution < -0.4 is 0 Å². The number of rotatable bonds is 5. The first-order valence-electron chi connectivity index (χ1n) is 5.96. The van der Waals surface area contributed by atoms with E-state index in [0.29, 0.717) is 10.8 Å². The molecule has 1 aromatic heterocycles. The van der Waals surface area contributed by atoms with Crippen LogP contribution in [0.4, 0.5) is 0 Å². The number of phenolic OH excluding ortho intramolecular Hbond substituents is 1. The van der Waals surface area contributed by atoms with Crippen molar-refractivity contribution in [2.24, 2.45) is 5.92 Å². The molecule has 8 heteroatoms. The lowest BCUT2D eigenvalue weighted by Gasteiger charge is -2.14. The molecule has 0 aliphatic heterocycles. The third-order valence-corrected chi connectivity index (χ3v) is 4.17. The number of hydrogen-bond acceptors (Lipinski definition) is 6. The smallest absolute Gasteiger partial charge is 0.307 e.